The lowest BCUT2D eigenvalue weighted by Crippen LogP contribution is -2.51. The van der Waals surface area contributed by atoms with Crippen molar-refractivity contribution in [1.29, 1.82) is 0 Å². The molecular weight excluding hydrogens is 286 g/mol. The number of carbonyl (C=O) groups is 1. The Hall–Kier alpha value is -1.04. The van der Waals surface area contributed by atoms with Crippen molar-refractivity contribution >= 4 is 17.7 Å². The van der Waals surface area contributed by atoms with Gasteiger partial charge in [-0.2, -0.15) is 11.8 Å². The van der Waals surface area contributed by atoms with Crippen LogP contribution in [0.3, 0.4) is 0 Å². The Labute approximate surface area is 130 Å². The Balaban J connectivity index is 2.22. The first-order chi connectivity index (χ1) is 10.2. The molecule has 1 saturated carbocycles. The van der Waals surface area contributed by atoms with Crippen LogP contribution in [0.2, 0.25) is 0 Å². The fraction of sp³-hybridized carbons (Fsp3) is 0.562. The highest BCUT2D eigenvalue weighted by molar-refractivity contribution is 7.99. The van der Waals surface area contributed by atoms with Crippen molar-refractivity contribution in [1.82, 2.24) is 5.32 Å². The number of thioether (sulfide) groups is 1. The Kier molecular flexibility index (Phi) is 6.08. The highest BCUT2D eigenvalue weighted by Crippen LogP contribution is 2.33. The fourth-order valence-electron chi connectivity index (χ4n) is 2.44. The van der Waals surface area contributed by atoms with Crippen molar-refractivity contribution in [3.63, 3.8) is 0 Å². The van der Waals surface area contributed by atoms with E-state index in [1.54, 1.807) is 11.8 Å². The second-order valence-electron chi connectivity index (χ2n) is 5.27. The van der Waals surface area contributed by atoms with Crippen LogP contribution in [0.15, 0.2) is 30.3 Å². The molecule has 1 aliphatic rings. The SMILES string of the molecule is COC(=O)C(CCSCCO)(NC1CC1)c1ccccc1. The standard InChI is InChI=1S/C16H23NO3S/c1-20-15(19)16(17-14-7-8-14,9-11-21-12-10-18)13-5-3-2-4-6-13/h2-6,14,17-18H,7-12H2,1H3. The number of hydrogen-bond acceptors (Lipinski definition) is 5. The van der Waals surface area contributed by atoms with Gasteiger partial charge in [-0.05, 0) is 30.6 Å². The monoisotopic (exact) mass is 309 g/mol. The molecule has 2 rings (SSSR count). The highest BCUT2D eigenvalue weighted by atomic mass is 32.2. The lowest BCUT2D eigenvalue weighted by Gasteiger charge is -2.33. The molecule has 0 spiro atoms. The Morgan fingerprint density at radius 2 is 2.10 bits per heavy atom. The third kappa shape index (κ3) is 4.22. The number of esters is 1. The zero-order chi connectivity index (χ0) is 15.1. The smallest absolute Gasteiger partial charge is 0.330 e. The van der Waals surface area contributed by atoms with Crippen LogP contribution in [0, 0.1) is 0 Å². The molecule has 0 amide bonds. The largest absolute Gasteiger partial charge is 0.467 e. The molecule has 0 radical (unpaired) electrons. The van der Waals surface area contributed by atoms with Gasteiger partial charge in [0.05, 0.1) is 13.7 Å². The van der Waals surface area contributed by atoms with E-state index in [1.807, 2.05) is 30.3 Å². The number of aliphatic hydroxyl groups is 1. The first-order valence-electron chi connectivity index (χ1n) is 7.33. The number of methoxy groups -OCH3 is 1. The number of ether oxygens (including phenoxy) is 1. The Bertz CT molecular complexity index is 450. The summed E-state index contributed by atoms with van der Waals surface area (Å²) in [7, 11) is 1.44. The highest BCUT2D eigenvalue weighted by Gasteiger charge is 2.44. The number of hydrogen-bond donors (Lipinski definition) is 2. The quantitative estimate of drug-likeness (QED) is 0.539. The van der Waals surface area contributed by atoms with Gasteiger partial charge in [0.15, 0.2) is 0 Å². The van der Waals surface area contributed by atoms with Gasteiger partial charge >= 0.3 is 5.97 Å². The van der Waals surface area contributed by atoms with Crippen molar-refractivity contribution in [2.24, 2.45) is 0 Å². The van der Waals surface area contributed by atoms with Gasteiger partial charge in [0.1, 0.15) is 5.54 Å². The van der Waals surface area contributed by atoms with Gasteiger partial charge < -0.3 is 9.84 Å². The molecule has 0 aromatic heterocycles. The summed E-state index contributed by atoms with van der Waals surface area (Å²) in [5.74, 6) is 1.25. The van der Waals surface area contributed by atoms with E-state index in [1.165, 1.54) is 7.11 Å². The Morgan fingerprint density at radius 1 is 1.38 bits per heavy atom. The van der Waals surface area contributed by atoms with Crippen molar-refractivity contribution in [3.8, 4) is 0 Å². The minimum Gasteiger partial charge on any atom is -0.467 e. The van der Waals surface area contributed by atoms with Crippen LogP contribution >= 0.6 is 11.8 Å². The van der Waals surface area contributed by atoms with Crippen molar-refractivity contribution in [2.45, 2.75) is 30.8 Å². The van der Waals surface area contributed by atoms with Crippen LogP contribution in [-0.4, -0.2) is 42.3 Å². The van der Waals surface area contributed by atoms with Crippen LogP contribution in [-0.2, 0) is 15.1 Å². The summed E-state index contributed by atoms with van der Waals surface area (Å²) in [5.41, 5.74) is 0.174. The lowest BCUT2D eigenvalue weighted by molar-refractivity contribution is -0.149. The zero-order valence-corrected chi connectivity index (χ0v) is 13.2. The van der Waals surface area contributed by atoms with Gasteiger partial charge in [-0.3, -0.25) is 5.32 Å². The Morgan fingerprint density at radius 3 is 2.67 bits per heavy atom. The third-order valence-electron chi connectivity index (χ3n) is 3.69. The molecule has 1 unspecified atom stereocenters. The van der Waals surface area contributed by atoms with E-state index in [-0.39, 0.29) is 12.6 Å². The molecule has 1 fully saturated rings. The van der Waals surface area contributed by atoms with Gasteiger partial charge in [-0.1, -0.05) is 30.3 Å². The first-order valence-corrected chi connectivity index (χ1v) is 8.48. The van der Waals surface area contributed by atoms with E-state index in [4.69, 9.17) is 9.84 Å². The van der Waals surface area contributed by atoms with Gasteiger partial charge in [0, 0.05) is 11.8 Å². The minimum atomic E-state index is -0.778. The number of benzene rings is 1. The average molecular weight is 309 g/mol. The van der Waals surface area contributed by atoms with Gasteiger partial charge in [-0.15, -0.1) is 0 Å². The normalized spacial score (nSPS) is 17.2. The molecule has 2 N–H and O–H groups in total. The van der Waals surface area contributed by atoms with E-state index >= 15 is 0 Å². The maximum Gasteiger partial charge on any atom is 0.330 e. The van der Waals surface area contributed by atoms with E-state index in [9.17, 15) is 4.79 Å². The predicted octanol–water partition coefficient (Wildman–Crippen LogP) is 1.92. The molecule has 0 saturated heterocycles. The molecule has 1 aliphatic carbocycles. The summed E-state index contributed by atoms with van der Waals surface area (Å²) >= 11 is 1.65. The van der Waals surface area contributed by atoms with Gasteiger partial charge in [-0.25, -0.2) is 4.79 Å². The lowest BCUT2D eigenvalue weighted by atomic mass is 9.87. The van der Waals surface area contributed by atoms with E-state index < -0.39 is 5.54 Å². The summed E-state index contributed by atoms with van der Waals surface area (Å²) in [6.45, 7) is 0.164. The molecular formula is C16H23NO3S. The minimum absolute atomic E-state index is 0.164. The second-order valence-corrected chi connectivity index (χ2v) is 6.49. The molecule has 1 atom stereocenters. The number of nitrogens with one attached hydrogen (secondary N) is 1. The van der Waals surface area contributed by atoms with Crippen LogP contribution < -0.4 is 5.32 Å². The molecule has 1 aromatic rings. The molecule has 116 valence electrons. The molecule has 21 heavy (non-hydrogen) atoms. The molecule has 0 aliphatic heterocycles. The summed E-state index contributed by atoms with van der Waals surface area (Å²) < 4.78 is 5.10. The third-order valence-corrected chi connectivity index (χ3v) is 4.65. The topological polar surface area (TPSA) is 58.6 Å². The predicted molar refractivity (Wildman–Crippen MR) is 85.3 cm³/mol. The summed E-state index contributed by atoms with van der Waals surface area (Å²) in [6, 6.07) is 10.2. The molecule has 4 nitrogen and oxygen atoms in total. The number of carbonyl (C=O) groups excluding carboxylic acids is 1. The van der Waals surface area contributed by atoms with Crippen molar-refractivity contribution in [3.05, 3.63) is 35.9 Å². The summed E-state index contributed by atoms with van der Waals surface area (Å²) in [4.78, 5) is 12.5. The second kappa shape index (κ2) is 7.82. The fourth-order valence-corrected chi connectivity index (χ4v) is 3.23. The van der Waals surface area contributed by atoms with E-state index in [2.05, 4.69) is 5.32 Å². The van der Waals surface area contributed by atoms with Gasteiger partial charge in [0.25, 0.3) is 0 Å². The van der Waals surface area contributed by atoms with Crippen LogP contribution in [0.5, 0.6) is 0 Å². The molecule has 0 heterocycles. The van der Waals surface area contributed by atoms with Crippen LogP contribution in [0.1, 0.15) is 24.8 Å². The van der Waals surface area contributed by atoms with Gasteiger partial charge in [0.2, 0.25) is 0 Å². The maximum absolute atomic E-state index is 12.5. The van der Waals surface area contributed by atoms with Crippen LogP contribution in [0.25, 0.3) is 0 Å². The number of aliphatic hydroxyl groups excluding tert-OH is 1. The molecule has 1 aromatic carbocycles. The maximum atomic E-state index is 12.5. The average Bonchev–Trinajstić information content (AvgIpc) is 3.34. The first kappa shape index (κ1) is 16.3. The molecule has 0 bridgehead atoms. The molecule has 5 heteroatoms. The van der Waals surface area contributed by atoms with E-state index in [0.717, 1.165) is 24.2 Å². The van der Waals surface area contributed by atoms with Crippen molar-refractivity contribution in [2.75, 3.05) is 25.2 Å². The number of rotatable bonds is 9. The summed E-state index contributed by atoms with van der Waals surface area (Å²) in [6.07, 6.45) is 2.87. The van der Waals surface area contributed by atoms with E-state index in [0.29, 0.717) is 18.2 Å². The summed E-state index contributed by atoms with van der Waals surface area (Å²) in [5, 5.41) is 12.4. The zero-order valence-electron chi connectivity index (χ0n) is 12.4. The van der Waals surface area contributed by atoms with Crippen LogP contribution in [0.4, 0.5) is 0 Å². The van der Waals surface area contributed by atoms with Crippen molar-refractivity contribution < 1.29 is 14.6 Å².